The normalized spacial score (nSPS) is 16.2. The van der Waals surface area contributed by atoms with Crippen LogP contribution in [0.5, 0.6) is 5.75 Å². The van der Waals surface area contributed by atoms with Crippen LogP contribution in [0, 0.1) is 0 Å². The predicted octanol–water partition coefficient (Wildman–Crippen LogP) is 2.87. The number of carbonyl (C=O) groups is 1. The first-order valence-electron chi connectivity index (χ1n) is 9.14. The highest BCUT2D eigenvalue weighted by molar-refractivity contribution is 5.94. The third kappa shape index (κ3) is 4.86. The van der Waals surface area contributed by atoms with Gasteiger partial charge in [-0.3, -0.25) is 9.69 Å². The summed E-state index contributed by atoms with van der Waals surface area (Å²) in [5.41, 5.74) is 0.619. The minimum Gasteiger partial charge on any atom is -0.494 e. The van der Waals surface area contributed by atoms with Crippen molar-refractivity contribution in [2.45, 2.75) is 19.4 Å². The molecule has 140 valence electrons. The van der Waals surface area contributed by atoms with Gasteiger partial charge in [-0.15, -0.1) is 0 Å². The number of ether oxygens (including phenoxy) is 2. The minimum absolute atomic E-state index is 0.00464. The van der Waals surface area contributed by atoms with Gasteiger partial charge < -0.3 is 19.2 Å². The summed E-state index contributed by atoms with van der Waals surface area (Å²) < 4.78 is 16.6. The van der Waals surface area contributed by atoms with Crippen molar-refractivity contribution >= 4 is 5.91 Å². The fourth-order valence-corrected chi connectivity index (χ4v) is 2.99. The van der Waals surface area contributed by atoms with Crippen molar-refractivity contribution in [2.75, 3.05) is 39.5 Å². The molecule has 1 aliphatic rings. The molecule has 6 nitrogen and oxygen atoms in total. The van der Waals surface area contributed by atoms with Gasteiger partial charge in [0.15, 0.2) is 0 Å². The van der Waals surface area contributed by atoms with E-state index in [1.807, 2.05) is 24.3 Å². The minimum atomic E-state index is -0.100. The van der Waals surface area contributed by atoms with Crippen LogP contribution < -0.4 is 10.1 Å². The quantitative estimate of drug-likeness (QED) is 0.786. The van der Waals surface area contributed by atoms with E-state index in [1.54, 1.807) is 18.4 Å². The Morgan fingerprint density at radius 3 is 2.65 bits per heavy atom. The molecule has 1 saturated heterocycles. The molecule has 1 aliphatic heterocycles. The summed E-state index contributed by atoms with van der Waals surface area (Å²) in [4.78, 5) is 14.8. The highest BCUT2D eigenvalue weighted by Gasteiger charge is 2.25. The van der Waals surface area contributed by atoms with Crippen LogP contribution in [0.25, 0.3) is 0 Å². The van der Waals surface area contributed by atoms with Gasteiger partial charge in [0.25, 0.3) is 5.91 Å². The largest absolute Gasteiger partial charge is 0.494 e. The van der Waals surface area contributed by atoms with Gasteiger partial charge in [-0.05, 0) is 42.8 Å². The van der Waals surface area contributed by atoms with Crippen molar-refractivity contribution in [3.05, 3.63) is 54.0 Å². The first kappa shape index (κ1) is 18.5. The number of hydrogen-bond acceptors (Lipinski definition) is 5. The van der Waals surface area contributed by atoms with Gasteiger partial charge in [0, 0.05) is 25.2 Å². The zero-order chi connectivity index (χ0) is 18.2. The molecule has 0 unspecified atom stereocenters. The van der Waals surface area contributed by atoms with Crippen molar-refractivity contribution in [1.29, 1.82) is 0 Å². The Labute approximate surface area is 154 Å². The lowest BCUT2D eigenvalue weighted by atomic mass is 10.1. The molecular weight excluding hydrogens is 332 g/mol. The van der Waals surface area contributed by atoms with Crippen molar-refractivity contribution in [3.63, 3.8) is 0 Å². The predicted molar refractivity (Wildman–Crippen MR) is 98.4 cm³/mol. The summed E-state index contributed by atoms with van der Waals surface area (Å²) >= 11 is 0. The third-order valence-corrected chi connectivity index (χ3v) is 4.40. The number of amides is 1. The molecule has 0 radical (unpaired) electrons. The van der Waals surface area contributed by atoms with Crippen LogP contribution >= 0.6 is 0 Å². The zero-order valence-corrected chi connectivity index (χ0v) is 15.1. The lowest BCUT2D eigenvalue weighted by molar-refractivity contribution is 0.0118. The number of morpholine rings is 1. The van der Waals surface area contributed by atoms with E-state index in [1.165, 1.54) is 0 Å². The van der Waals surface area contributed by atoms with E-state index in [-0.39, 0.29) is 11.9 Å². The molecule has 1 amide bonds. The Balaban J connectivity index is 1.60. The van der Waals surface area contributed by atoms with Crippen LogP contribution in [-0.2, 0) is 4.74 Å². The molecule has 2 aromatic rings. The van der Waals surface area contributed by atoms with Crippen LogP contribution in [-0.4, -0.2) is 50.3 Å². The smallest absolute Gasteiger partial charge is 0.251 e. The molecule has 1 aromatic carbocycles. The van der Waals surface area contributed by atoms with Gasteiger partial charge in [0.2, 0.25) is 0 Å². The number of rotatable bonds is 8. The van der Waals surface area contributed by atoms with Crippen LogP contribution in [0.2, 0.25) is 0 Å². The van der Waals surface area contributed by atoms with Crippen LogP contribution in [0.15, 0.2) is 47.1 Å². The van der Waals surface area contributed by atoms with Crippen LogP contribution in [0.1, 0.15) is 35.5 Å². The third-order valence-electron chi connectivity index (χ3n) is 4.40. The maximum atomic E-state index is 12.5. The van der Waals surface area contributed by atoms with Crippen molar-refractivity contribution in [1.82, 2.24) is 10.2 Å². The Bertz CT molecular complexity index is 664. The topological polar surface area (TPSA) is 63.9 Å². The van der Waals surface area contributed by atoms with Crippen molar-refractivity contribution in [2.24, 2.45) is 0 Å². The monoisotopic (exact) mass is 358 g/mol. The maximum Gasteiger partial charge on any atom is 0.251 e. The highest BCUT2D eigenvalue weighted by Crippen LogP contribution is 2.22. The van der Waals surface area contributed by atoms with Crippen LogP contribution in [0.4, 0.5) is 0 Å². The zero-order valence-electron chi connectivity index (χ0n) is 15.1. The summed E-state index contributed by atoms with van der Waals surface area (Å²) in [5.74, 6) is 1.54. The first-order valence-corrected chi connectivity index (χ1v) is 9.14. The van der Waals surface area contributed by atoms with Crippen molar-refractivity contribution < 1.29 is 18.7 Å². The average molecular weight is 358 g/mol. The number of benzene rings is 1. The number of furan rings is 1. The lowest BCUT2D eigenvalue weighted by Crippen LogP contribution is -2.43. The van der Waals surface area contributed by atoms with Gasteiger partial charge in [-0.1, -0.05) is 6.92 Å². The number of nitrogens with one attached hydrogen (secondary N) is 1. The van der Waals surface area contributed by atoms with E-state index in [4.69, 9.17) is 13.9 Å². The fourth-order valence-electron chi connectivity index (χ4n) is 2.99. The molecule has 26 heavy (non-hydrogen) atoms. The van der Waals surface area contributed by atoms with Gasteiger partial charge in [0.1, 0.15) is 11.5 Å². The van der Waals surface area contributed by atoms with E-state index in [9.17, 15) is 4.79 Å². The Kier molecular flexibility index (Phi) is 6.68. The second-order valence-corrected chi connectivity index (χ2v) is 6.26. The maximum absolute atomic E-state index is 12.5. The summed E-state index contributed by atoms with van der Waals surface area (Å²) in [6.45, 7) is 6.27. The molecule has 0 bridgehead atoms. The van der Waals surface area contributed by atoms with E-state index < -0.39 is 0 Å². The van der Waals surface area contributed by atoms with Gasteiger partial charge >= 0.3 is 0 Å². The molecular formula is C20H26N2O4. The number of hydrogen-bond donors (Lipinski definition) is 1. The molecule has 0 spiro atoms. The molecule has 1 aromatic heterocycles. The Morgan fingerprint density at radius 1 is 1.23 bits per heavy atom. The number of nitrogens with zero attached hydrogens (tertiary/aromatic N) is 1. The summed E-state index contributed by atoms with van der Waals surface area (Å²) in [7, 11) is 0. The first-order chi connectivity index (χ1) is 12.8. The molecule has 1 fully saturated rings. The molecule has 1 N–H and O–H groups in total. The molecule has 0 aliphatic carbocycles. The van der Waals surface area contributed by atoms with Crippen LogP contribution in [0.3, 0.4) is 0 Å². The molecule has 1 atom stereocenters. The van der Waals surface area contributed by atoms with Gasteiger partial charge in [0.05, 0.1) is 32.1 Å². The second kappa shape index (κ2) is 9.40. The Hall–Kier alpha value is -2.31. The molecule has 3 rings (SSSR count). The van der Waals surface area contributed by atoms with Gasteiger partial charge in [-0.2, -0.15) is 0 Å². The highest BCUT2D eigenvalue weighted by atomic mass is 16.5. The Morgan fingerprint density at radius 2 is 2.00 bits per heavy atom. The molecule has 2 heterocycles. The second-order valence-electron chi connectivity index (χ2n) is 6.26. The SMILES string of the molecule is CCCOc1ccc(C(=O)NC[C@H](c2ccco2)N2CCOCC2)cc1. The van der Waals surface area contributed by atoms with E-state index in [0.29, 0.717) is 31.9 Å². The van der Waals surface area contributed by atoms with E-state index >= 15 is 0 Å². The van der Waals surface area contributed by atoms with Gasteiger partial charge in [-0.25, -0.2) is 0 Å². The summed E-state index contributed by atoms with van der Waals surface area (Å²) in [5, 5.41) is 3.03. The lowest BCUT2D eigenvalue weighted by Gasteiger charge is -2.33. The molecule has 6 heteroatoms. The summed E-state index contributed by atoms with van der Waals surface area (Å²) in [6.07, 6.45) is 2.62. The van der Waals surface area contributed by atoms with E-state index in [0.717, 1.165) is 31.0 Å². The van der Waals surface area contributed by atoms with E-state index in [2.05, 4.69) is 17.1 Å². The van der Waals surface area contributed by atoms with Crippen molar-refractivity contribution in [3.8, 4) is 5.75 Å². The molecule has 0 saturated carbocycles. The standard InChI is InChI=1S/C20H26N2O4/c1-2-11-25-17-7-5-16(6-8-17)20(23)21-15-18(19-4-3-12-26-19)22-9-13-24-14-10-22/h3-8,12,18H,2,9-11,13-15H2,1H3,(H,21,23)/t18-/m1/s1. The summed E-state index contributed by atoms with van der Waals surface area (Å²) in [6, 6.07) is 11.1. The number of carbonyl (C=O) groups excluding carboxylic acids is 1. The fraction of sp³-hybridized carbons (Fsp3) is 0.450. The average Bonchev–Trinajstić information content (AvgIpc) is 3.22.